The van der Waals surface area contributed by atoms with Gasteiger partial charge in [-0.25, -0.2) is 13.2 Å². The maximum Gasteiger partial charge on any atom is 0.393 e. The highest BCUT2D eigenvalue weighted by Gasteiger charge is 2.32. The van der Waals surface area contributed by atoms with E-state index < -0.39 is 38.4 Å². The van der Waals surface area contributed by atoms with Crippen molar-refractivity contribution in [3.8, 4) is 11.8 Å². The Morgan fingerprint density at radius 1 is 1.18 bits per heavy atom. The minimum atomic E-state index is -4.48. The highest BCUT2D eigenvalue weighted by Crippen LogP contribution is 2.40. The largest absolute Gasteiger partial charge is 0.393 e. The van der Waals surface area contributed by atoms with Gasteiger partial charge < -0.3 is 20.1 Å². The van der Waals surface area contributed by atoms with Crippen molar-refractivity contribution in [1.29, 1.82) is 0 Å². The van der Waals surface area contributed by atoms with Crippen molar-refractivity contribution in [2.75, 3.05) is 50.6 Å². The van der Waals surface area contributed by atoms with Crippen LogP contribution < -0.4 is 15.9 Å². The van der Waals surface area contributed by atoms with E-state index in [2.05, 4.69) is 22.5 Å². The Balaban J connectivity index is 1.62. The first-order valence-corrected chi connectivity index (χ1v) is 16.1. The molecule has 1 aromatic heterocycles. The summed E-state index contributed by atoms with van der Waals surface area (Å²) in [7, 11) is -0.907. The number of benzene rings is 2. The molecule has 4 nitrogen and oxygen atoms in total. The van der Waals surface area contributed by atoms with Gasteiger partial charge in [0, 0.05) is 29.6 Å². The molecule has 1 fully saturated rings. The molecular weight excluding hydrogens is 571 g/mol. The average molecular weight is 602 g/mol. The van der Waals surface area contributed by atoms with Crippen LogP contribution in [0.1, 0.15) is 28.9 Å². The van der Waals surface area contributed by atoms with Crippen molar-refractivity contribution >= 4 is 45.2 Å². The number of thiophene rings is 1. The summed E-state index contributed by atoms with van der Waals surface area (Å²) in [6.07, 6.45) is -9.04. The summed E-state index contributed by atoms with van der Waals surface area (Å²) in [4.78, 5) is 2.11. The number of halogens is 6. The first-order valence-electron chi connectivity index (χ1n) is 12.6. The van der Waals surface area contributed by atoms with E-state index in [0.717, 1.165) is 11.3 Å². The fourth-order valence-electron chi connectivity index (χ4n) is 4.67. The zero-order chi connectivity index (χ0) is 29.2. The van der Waals surface area contributed by atoms with E-state index in [1.54, 1.807) is 18.2 Å². The molecule has 4 rings (SSSR count). The summed E-state index contributed by atoms with van der Waals surface area (Å²) in [5, 5.41) is 6.71. The molecule has 1 aliphatic rings. The molecule has 40 heavy (non-hydrogen) atoms. The van der Waals surface area contributed by atoms with Gasteiger partial charge in [0.25, 0.3) is 6.43 Å². The minimum absolute atomic E-state index is 0.0306. The predicted molar refractivity (Wildman–Crippen MR) is 152 cm³/mol. The summed E-state index contributed by atoms with van der Waals surface area (Å²) in [6.45, 7) is 3.86. The molecule has 0 aliphatic carbocycles. The van der Waals surface area contributed by atoms with Crippen LogP contribution in [0.4, 0.5) is 37.7 Å². The zero-order valence-electron chi connectivity index (χ0n) is 22.2. The number of hydrogen-bond donors (Lipinski definition) is 2. The number of rotatable bonds is 7. The molecule has 2 heterocycles. The number of nitrogens with one attached hydrogen (secondary N) is 2. The van der Waals surface area contributed by atoms with Gasteiger partial charge in [-0.3, -0.25) is 0 Å². The molecule has 0 saturated carbocycles. The van der Waals surface area contributed by atoms with Crippen molar-refractivity contribution in [1.82, 2.24) is 4.90 Å². The van der Waals surface area contributed by atoms with Crippen LogP contribution in [-0.4, -0.2) is 63.3 Å². The second-order valence-corrected chi connectivity index (χ2v) is 14.5. The first kappa shape index (κ1) is 30.3. The second-order valence-electron chi connectivity index (χ2n) is 10.3. The van der Waals surface area contributed by atoms with Crippen LogP contribution in [0.2, 0.25) is 0 Å². The number of fused-ring (bicyclic) bond motifs is 1. The van der Waals surface area contributed by atoms with Crippen LogP contribution in [0.5, 0.6) is 0 Å². The summed E-state index contributed by atoms with van der Waals surface area (Å²) in [5.74, 6) is 5.55. The quantitative estimate of drug-likeness (QED) is 0.172. The lowest BCUT2D eigenvalue weighted by Crippen LogP contribution is -2.46. The molecule has 0 radical (unpaired) electrons. The lowest BCUT2D eigenvalue weighted by Gasteiger charge is -2.33. The third kappa shape index (κ3) is 7.34. The van der Waals surface area contributed by atoms with Crippen molar-refractivity contribution < 1.29 is 30.9 Å². The topological polar surface area (TPSA) is 44.4 Å². The Morgan fingerprint density at radius 3 is 2.58 bits per heavy atom. The van der Waals surface area contributed by atoms with Crippen LogP contribution >= 0.6 is 18.5 Å². The smallest absolute Gasteiger partial charge is 0.378 e. The third-order valence-electron chi connectivity index (χ3n) is 6.74. The van der Waals surface area contributed by atoms with Crippen LogP contribution in [-0.2, 0) is 11.0 Å². The number of piperidine rings is 1. The number of likely N-dealkylation sites (tertiary alicyclic amines) is 1. The summed E-state index contributed by atoms with van der Waals surface area (Å²) in [6, 6.07) is 8.62. The Kier molecular flexibility index (Phi) is 9.13. The van der Waals surface area contributed by atoms with Gasteiger partial charge in [0.2, 0.25) is 0 Å². The molecule has 1 saturated heterocycles. The monoisotopic (exact) mass is 601 g/mol. The minimum Gasteiger partial charge on any atom is -0.378 e. The maximum absolute atomic E-state index is 14.7. The van der Waals surface area contributed by atoms with Gasteiger partial charge in [0.05, 0.1) is 34.3 Å². The van der Waals surface area contributed by atoms with E-state index in [0.29, 0.717) is 34.0 Å². The highest BCUT2D eigenvalue weighted by atomic mass is 32.1. The summed E-state index contributed by atoms with van der Waals surface area (Å²) < 4.78 is 95.4. The zero-order valence-corrected chi connectivity index (χ0v) is 23.9. The van der Waals surface area contributed by atoms with Crippen molar-refractivity contribution in [3.05, 3.63) is 52.4 Å². The Labute approximate surface area is 233 Å². The Hall–Kier alpha value is -2.67. The lowest BCUT2D eigenvalue weighted by molar-refractivity contribution is -0.126. The van der Waals surface area contributed by atoms with Gasteiger partial charge in [-0.1, -0.05) is 24.0 Å². The third-order valence-corrected chi connectivity index (χ3v) is 9.46. The molecule has 0 unspecified atom stereocenters. The summed E-state index contributed by atoms with van der Waals surface area (Å²) >= 11 is 1.09. The van der Waals surface area contributed by atoms with Gasteiger partial charge in [-0.2, -0.15) is 13.2 Å². The molecule has 216 valence electrons. The number of hydrogen-bond acceptors (Lipinski definition) is 5. The van der Waals surface area contributed by atoms with Gasteiger partial charge in [-0.05, 0) is 62.0 Å². The maximum atomic E-state index is 14.7. The van der Waals surface area contributed by atoms with Gasteiger partial charge in [0.1, 0.15) is 13.3 Å². The Bertz CT molecular complexity index is 1470. The molecule has 2 N–H and O–H groups in total. The van der Waals surface area contributed by atoms with Crippen LogP contribution in [0.15, 0.2) is 36.4 Å². The van der Waals surface area contributed by atoms with Crippen LogP contribution in [0.25, 0.3) is 10.1 Å². The molecular formula is C28H30F6N3OPS. The van der Waals surface area contributed by atoms with Crippen molar-refractivity contribution in [3.63, 3.8) is 0 Å². The molecule has 12 heteroatoms. The van der Waals surface area contributed by atoms with Crippen LogP contribution in [0.3, 0.4) is 0 Å². The van der Waals surface area contributed by atoms with E-state index in [-0.39, 0.29) is 34.8 Å². The normalized spacial score (nSPS) is 18.6. The van der Waals surface area contributed by atoms with E-state index in [4.69, 9.17) is 0 Å². The fraction of sp³-hybridized carbons (Fsp3) is 0.429. The number of nitrogens with zero attached hydrogens (tertiary/aromatic N) is 1. The summed E-state index contributed by atoms with van der Waals surface area (Å²) in [5.41, 5.74) is 0.376. The average Bonchev–Trinajstić information content (AvgIpc) is 3.19. The molecule has 2 aromatic carbocycles. The standard InChI is InChI=1S/C28H30F6N3OPS/c1-37-13-11-23(21(29)16-37)36-24-7-4-6-18-20(15-28(32,33)34)25(40-26(18)24)8-5-12-35-22-10-9-17(39(2,3)38)14-19(22)27(30)31/h4,6-7,9-10,14,21,23,27,35-36H,11-13,15-16H2,1-3H3/t21-,23+/m1/s1. The van der Waals surface area contributed by atoms with E-state index in [1.165, 1.54) is 31.5 Å². The van der Waals surface area contributed by atoms with E-state index >= 15 is 0 Å². The van der Waals surface area contributed by atoms with E-state index in [9.17, 15) is 30.9 Å². The molecule has 2 atom stereocenters. The SMILES string of the molecule is CN1CC[C@H](Nc2cccc3c(CC(F)(F)F)c(C#CCNc4ccc(P(C)(C)=O)cc4C(F)F)sc23)[C@H](F)C1. The molecule has 0 spiro atoms. The first-order chi connectivity index (χ1) is 18.7. The highest BCUT2D eigenvalue weighted by molar-refractivity contribution is 7.70. The van der Waals surface area contributed by atoms with E-state index in [1.807, 2.05) is 11.9 Å². The fourth-order valence-corrected chi connectivity index (χ4v) is 6.72. The van der Waals surface area contributed by atoms with Gasteiger partial charge >= 0.3 is 6.18 Å². The van der Waals surface area contributed by atoms with Crippen molar-refractivity contribution in [2.45, 2.75) is 37.7 Å². The van der Waals surface area contributed by atoms with Gasteiger partial charge in [-0.15, -0.1) is 11.3 Å². The number of anilines is 2. The predicted octanol–water partition coefficient (Wildman–Crippen LogP) is 7.11. The van der Waals surface area contributed by atoms with Crippen LogP contribution in [0, 0.1) is 11.8 Å². The molecule has 1 aliphatic heterocycles. The molecule has 0 amide bonds. The number of alkyl halides is 6. The second kappa shape index (κ2) is 12.1. The molecule has 0 bridgehead atoms. The molecule has 3 aromatic rings. The lowest BCUT2D eigenvalue weighted by atomic mass is 10.0. The van der Waals surface area contributed by atoms with Crippen molar-refractivity contribution in [2.24, 2.45) is 0 Å². The Morgan fingerprint density at radius 2 is 1.93 bits per heavy atom. The van der Waals surface area contributed by atoms with Gasteiger partial charge in [0.15, 0.2) is 0 Å².